The summed E-state index contributed by atoms with van der Waals surface area (Å²) in [5.41, 5.74) is 3.87. The predicted molar refractivity (Wildman–Crippen MR) is 101 cm³/mol. The topological polar surface area (TPSA) is 49.4 Å². The van der Waals surface area contributed by atoms with Gasteiger partial charge in [0.2, 0.25) is 0 Å². The summed E-state index contributed by atoms with van der Waals surface area (Å²) in [7, 11) is -3.62. The fourth-order valence-corrected chi connectivity index (χ4v) is 4.28. The zero-order valence-electron chi connectivity index (χ0n) is 13.6. The maximum absolute atomic E-state index is 12.7. The number of nitrogens with zero attached hydrogens (tertiary/aromatic N) is 1. The van der Waals surface area contributed by atoms with Gasteiger partial charge in [-0.25, -0.2) is 8.42 Å². The van der Waals surface area contributed by atoms with E-state index in [-0.39, 0.29) is 4.90 Å². The Bertz CT molecular complexity index is 1000. The van der Waals surface area contributed by atoms with E-state index >= 15 is 0 Å². The van der Waals surface area contributed by atoms with Crippen LogP contribution in [0.15, 0.2) is 83.8 Å². The minimum atomic E-state index is -3.62. The molecule has 0 saturated carbocycles. The summed E-state index contributed by atoms with van der Waals surface area (Å²) in [5.74, 6) is 0. The number of para-hydroxylation sites is 3. The van der Waals surface area contributed by atoms with Gasteiger partial charge in [0.25, 0.3) is 10.0 Å². The summed E-state index contributed by atoms with van der Waals surface area (Å²) >= 11 is 0. The fraction of sp³-hybridized carbons (Fsp3) is 0.100. The Labute approximate surface area is 147 Å². The lowest BCUT2D eigenvalue weighted by atomic mass is 10.2. The minimum absolute atomic E-state index is 0.256. The van der Waals surface area contributed by atoms with Crippen molar-refractivity contribution in [2.75, 3.05) is 16.2 Å². The number of sulfonamides is 1. The van der Waals surface area contributed by atoms with Crippen LogP contribution in [0.25, 0.3) is 0 Å². The number of hydrogen-bond donors (Lipinski definition) is 1. The average Bonchev–Trinajstić information content (AvgIpc) is 3.07. The van der Waals surface area contributed by atoms with Crippen molar-refractivity contribution in [1.82, 2.24) is 0 Å². The van der Waals surface area contributed by atoms with Gasteiger partial charge in [0, 0.05) is 12.2 Å². The van der Waals surface area contributed by atoms with E-state index in [1.165, 1.54) is 5.56 Å². The quantitative estimate of drug-likeness (QED) is 0.768. The van der Waals surface area contributed by atoms with E-state index in [0.717, 1.165) is 24.3 Å². The highest BCUT2D eigenvalue weighted by Gasteiger charge is 2.23. The highest BCUT2D eigenvalue weighted by molar-refractivity contribution is 7.92. The van der Waals surface area contributed by atoms with Crippen LogP contribution < -0.4 is 9.62 Å². The average molecular weight is 350 g/mol. The summed E-state index contributed by atoms with van der Waals surface area (Å²) in [6.45, 7) is 0.837. The van der Waals surface area contributed by atoms with E-state index in [1.54, 1.807) is 36.4 Å². The maximum Gasteiger partial charge on any atom is 0.261 e. The lowest BCUT2D eigenvalue weighted by Crippen LogP contribution is -2.18. The van der Waals surface area contributed by atoms with Crippen molar-refractivity contribution < 1.29 is 8.42 Å². The fourth-order valence-electron chi connectivity index (χ4n) is 3.19. The first-order valence-electron chi connectivity index (χ1n) is 8.17. The van der Waals surface area contributed by atoms with Gasteiger partial charge in [-0.15, -0.1) is 0 Å². The molecule has 126 valence electrons. The first kappa shape index (κ1) is 15.7. The monoisotopic (exact) mass is 350 g/mol. The summed E-state index contributed by atoms with van der Waals surface area (Å²) in [6, 6.07) is 24.2. The molecule has 0 atom stereocenters. The van der Waals surface area contributed by atoms with E-state index in [0.29, 0.717) is 5.69 Å². The normalized spacial score (nSPS) is 13.5. The van der Waals surface area contributed by atoms with Crippen molar-refractivity contribution >= 4 is 27.1 Å². The number of hydrogen-bond acceptors (Lipinski definition) is 3. The van der Waals surface area contributed by atoms with Crippen LogP contribution in [0.3, 0.4) is 0 Å². The summed E-state index contributed by atoms with van der Waals surface area (Å²) in [5, 5.41) is 0. The number of anilines is 3. The molecule has 0 spiro atoms. The molecule has 3 aromatic rings. The van der Waals surface area contributed by atoms with Gasteiger partial charge in [-0.2, -0.15) is 0 Å². The Morgan fingerprint density at radius 3 is 2.20 bits per heavy atom. The van der Waals surface area contributed by atoms with Crippen LogP contribution >= 0.6 is 0 Å². The van der Waals surface area contributed by atoms with E-state index in [2.05, 4.69) is 21.8 Å². The van der Waals surface area contributed by atoms with Gasteiger partial charge in [-0.1, -0.05) is 48.5 Å². The number of rotatable bonds is 4. The zero-order valence-corrected chi connectivity index (χ0v) is 14.4. The van der Waals surface area contributed by atoms with Gasteiger partial charge in [-0.05, 0) is 42.3 Å². The molecular weight excluding hydrogens is 332 g/mol. The highest BCUT2D eigenvalue weighted by atomic mass is 32.2. The molecule has 0 aromatic heterocycles. The molecule has 1 N–H and O–H groups in total. The Morgan fingerprint density at radius 2 is 1.40 bits per heavy atom. The van der Waals surface area contributed by atoms with Crippen LogP contribution in [0, 0.1) is 0 Å². The zero-order chi connectivity index (χ0) is 17.3. The summed E-state index contributed by atoms with van der Waals surface area (Å²) in [6.07, 6.45) is 0.954. The molecule has 5 heteroatoms. The van der Waals surface area contributed by atoms with Crippen molar-refractivity contribution in [2.24, 2.45) is 0 Å². The van der Waals surface area contributed by atoms with Crippen LogP contribution in [0.4, 0.5) is 17.1 Å². The Hall–Kier alpha value is -2.79. The number of nitrogens with one attached hydrogen (secondary N) is 1. The molecule has 4 rings (SSSR count). The molecule has 1 aliphatic rings. The number of benzene rings is 3. The molecule has 0 aliphatic carbocycles. The lowest BCUT2D eigenvalue weighted by molar-refractivity contribution is 0.601. The molecular formula is C20H18N2O2S. The van der Waals surface area contributed by atoms with Crippen LogP contribution in [0.2, 0.25) is 0 Å². The van der Waals surface area contributed by atoms with Gasteiger partial charge in [0.15, 0.2) is 0 Å². The van der Waals surface area contributed by atoms with Crippen LogP contribution in [-0.4, -0.2) is 15.0 Å². The van der Waals surface area contributed by atoms with Crippen molar-refractivity contribution in [2.45, 2.75) is 11.3 Å². The van der Waals surface area contributed by atoms with Crippen molar-refractivity contribution in [1.29, 1.82) is 0 Å². The molecule has 0 radical (unpaired) electrons. The molecule has 0 bridgehead atoms. The van der Waals surface area contributed by atoms with Gasteiger partial charge >= 0.3 is 0 Å². The van der Waals surface area contributed by atoms with E-state index in [4.69, 9.17) is 0 Å². The Morgan fingerprint density at radius 1 is 0.760 bits per heavy atom. The molecule has 3 aromatic carbocycles. The minimum Gasteiger partial charge on any atom is -0.339 e. The van der Waals surface area contributed by atoms with Gasteiger partial charge < -0.3 is 4.90 Å². The summed E-state index contributed by atoms with van der Waals surface area (Å²) < 4.78 is 28.1. The summed E-state index contributed by atoms with van der Waals surface area (Å²) in [4.78, 5) is 2.42. The first-order chi connectivity index (χ1) is 12.1. The van der Waals surface area contributed by atoms with E-state index in [1.807, 2.05) is 30.3 Å². The van der Waals surface area contributed by atoms with Crippen LogP contribution in [0.1, 0.15) is 5.56 Å². The molecule has 1 aliphatic heterocycles. The van der Waals surface area contributed by atoms with Crippen molar-refractivity contribution in [3.63, 3.8) is 0 Å². The smallest absolute Gasteiger partial charge is 0.261 e. The van der Waals surface area contributed by atoms with Gasteiger partial charge in [0.1, 0.15) is 0 Å². The second-order valence-corrected chi connectivity index (χ2v) is 7.65. The predicted octanol–water partition coefficient (Wildman–Crippen LogP) is 4.18. The van der Waals surface area contributed by atoms with Gasteiger partial charge in [0.05, 0.1) is 16.3 Å². The maximum atomic E-state index is 12.7. The Kier molecular flexibility index (Phi) is 3.93. The standard InChI is InChI=1S/C20H18N2O2S/c23-25(24,17-9-2-1-3-10-17)21-18-11-5-7-13-20(18)22-15-14-16-8-4-6-12-19(16)22/h1-13,21H,14-15H2. The van der Waals surface area contributed by atoms with Crippen molar-refractivity contribution in [3.8, 4) is 0 Å². The number of fused-ring (bicyclic) bond motifs is 1. The van der Waals surface area contributed by atoms with Crippen LogP contribution in [0.5, 0.6) is 0 Å². The molecule has 0 fully saturated rings. The third-order valence-corrected chi connectivity index (χ3v) is 5.76. The molecule has 25 heavy (non-hydrogen) atoms. The SMILES string of the molecule is O=S(=O)(Nc1ccccc1N1CCc2ccccc21)c1ccccc1. The molecule has 0 saturated heterocycles. The Balaban J connectivity index is 1.72. The highest BCUT2D eigenvalue weighted by Crippen LogP contribution is 2.38. The molecule has 0 amide bonds. The molecule has 0 unspecified atom stereocenters. The van der Waals surface area contributed by atoms with Crippen LogP contribution in [-0.2, 0) is 16.4 Å². The lowest BCUT2D eigenvalue weighted by Gasteiger charge is -2.23. The molecule has 1 heterocycles. The largest absolute Gasteiger partial charge is 0.339 e. The van der Waals surface area contributed by atoms with E-state index < -0.39 is 10.0 Å². The third-order valence-electron chi connectivity index (χ3n) is 4.38. The van der Waals surface area contributed by atoms with Crippen molar-refractivity contribution in [3.05, 3.63) is 84.4 Å². The first-order valence-corrected chi connectivity index (χ1v) is 9.66. The molecule has 4 nitrogen and oxygen atoms in total. The van der Waals surface area contributed by atoms with E-state index in [9.17, 15) is 8.42 Å². The third kappa shape index (κ3) is 2.98. The van der Waals surface area contributed by atoms with Gasteiger partial charge in [-0.3, -0.25) is 4.72 Å². The second-order valence-electron chi connectivity index (χ2n) is 5.97. The second kappa shape index (κ2) is 6.26.